The highest BCUT2D eigenvalue weighted by atomic mass is 35.5. The lowest BCUT2D eigenvalue weighted by molar-refractivity contribution is -0.0597. The van der Waals surface area contributed by atoms with Gasteiger partial charge in [-0.25, -0.2) is 21.6 Å². The third-order valence-electron chi connectivity index (χ3n) is 6.52. The predicted octanol–water partition coefficient (Wildman–Crippen LogP) is 3.70. The van der Waals surface area contributed by atoms with E-state index >= 15 is 0 Å². The van der Waals surface area contributed by atoms with Gasteiger partial charge < -0.3 is 15.5 Å². The molecule has 2 saturated carbocycles. The van der Waals surface area contributed by atoms with E-state index in [2.05, 4.69) is 5.32 Å². The number of aliphatic hydroxyl groups is 2. The maximum absolute atomic E-state index is 13.5. The van der Waals surface area contributed by atoms with Crippen molar-refractivity contribution in [2.45, 2.75) is 41.4 Å². The Bertz CT molecular complexity index is 1190. The zero-order valence-electron chi connectivity index (χ0n) is 17.2. The minimum atomic E-state index is -4.01. The number of carbonyl (C=O) groups is 1. The third-order valence-corrected chi connectivity index (χ3v) is 9.39. The number of rotatable bonds is 5. The Labute approximate surface area is 193 Å². The van der Waals surface area contributed by atoms with Crippen LogP contribution in [-0.2, 0) is 9.84 Å². The van der Waals surface area contributed by atoms with Crippen LogP contribution in [0.5, 0.6) is 0 Å². The van der Waals surface area contributed by atoms with Gasteiger partial charge in [-0.15, -0.1) is 0 Å². The molecule has 4 rings (SSSR count). The zero-order valence-corrected chi connectivity index (χ0v) is 18.8. The lowest BCUT2D eigenvalue weighted by atomic mass is 9.77. The molecule has 2 fully saturated rings. The fourth-order valence-electron chi connectivity index (χ4n) is 5.11. The number of aliphatic hydroxyl groups excluding tert-OH is 1. The van der Waals surface area contributed by atoms with Gasteiger partial charge in [0.1, 0.15) is 0 Å². The number of amides is 1. The second-order valence-electron chi connectivity index (χ2n) is 8.75. The van der Waals surface area contributed by atoms with Gasteiger partial charge >= 0.3 is 0 Å². The van der Waals surface area contributed by atoms with Crippen molar-refractivity contribution in [3.8, 4) is 0 Å². The van der Waals surface area contributed by atoms with E-state index in [-0.39, 0.29) is 45.8 Å². The monoisotopic (exact) mass is 503 g/mol. The van der Waals surface area contributed by atoms with Crippen LogP contribution >= 0.6 is 11.6 Å². The number of nitrogens with one attached hydrogen (secondary N) is 1. The van der Waals surface area contributed by atoms with Crippen molar-refractivity contribution in [3.63, 3.8) is 0 Å². The topological polar surface area (TPSA) is 104 Å². The molecule has 6 nitrogen and oxygen atoms in total. The average molecular weight is 504 g/mol. The molecule has 2 bridgehead atoms. The molecule has 0 radical (unpaired) electrons. The number of hydrogen-bond acceptors (Lipinski definition) is 5. The lowest BCUT2D eigenvalue weighted by Crippen LogP contribution is -2.48. The molecule has 0 aliphatic heterocycles. The summed E-state index contributed by atoms with van der Waals surface area (Å²) in [4.78, 5) is 12.3. The number of carbonyl (C=O) groups excluding carboxylic acids is 1. The molecule has 2 aliphatic carbocycles. The number of fused-ring (bicyclic) bond motifs is 2. The average Bonchev–Trinajstić information content (AvgIpc) is 3.05. The van der Waals surface area contributed by atoms with Gasteiger partial charge in [-0.3, -0.25) is 4.79 Å². The van der Waals surface area contributed by atoms with Crippen LogP contribution in [0.2, 0.25) is 5.02 Å². The summed E-state index contributed by atoms with van der Waals surface area (Å²) in [5, 5.41) is 21.3. The van der Waals surface area contributed by atoms with Crippen LogP contribution in [0.4, 0.5) is 18.9 Å². The molecule has 0 spiro atoms. The largest absolute Gasteiger partial charge is 0.393 e. The number of hydrogen-bond donors (Lipinski definition) is 3. The van der Waals surface area contributed by atoms with Crippen molar-refractivity contribution in [1.29, 1.82) is 0 Å². The molecular weight excluding hydrogens is 483 g/mol. The van der Waals surface area contributed by atoms with Crippen LogP contribution in [0, 0.1) is 29.3 Å². The Kier molecular flexibility index (Phi) is 6.24. The molecule has 0 heterocycles. The van der Waals surface area contributed by atoms with E-state index in [0.29, 0.717) is 25.0 Å². The van der Waals surface area contributed by atoms with Crippen LogP contribution in [-0.4, -0.2) is 42.0 Å². The summed E-state index contributed by atoms with van der Waals surface area (Å²) in [7, 11) is -4.01. The standard InChI is InChI=1S/C22H21ClF3NO5S/c23-15-4-3-11(21(29)27-14-6-16(24)19(26)17(25)7-14)5-18(15)33(31,32)20-12-1-2-13(20)9-22(30,8-12)10-28/h3-7,12-13,20,28,30H,1-2,8-10H2,(H,27,29)/t12-,13?,20+,22-/m0/s1. The summed E-state index contributed by atoms with van der Waals surface area (Å²) < 4.78 is 67.1. The quantitative estimate of drug-likeness (QED) is 0.540. The van der Waals surface area contributed by atoms with E-state index in [4.69, 9.17) is 11.6 Å². The number of benzene rings is 2. The second-order valence-corrected chi connectivity index (χ2v) is 11.2. The van der Waals surface area contributed by atoms with Crippen molar-refractivity contribution in [2.24, 2.45) is 11.8 Å². The van der Waals surface area contributed by atoms with E-state index in [1.54, 1.807) is 0 Å². The highest BCUT2D eigenvalue weighted by Crippen LogP contribution is 2.51. The molecule has 1 amide bonds. The fraction of sp³-hybridized carbons (Fsp3) is 0.409. The molecule has 33 heavy (non-hydrogen) atoms. The van der Waals surface area contributed by atoms with Gasteiger partial charge in [0.15, 0.2) is 27.3 Å². The molecule has 2 aromatic carbocycles. The molecule has 0 aromatic heterocycles. The molecule has 1 unspecified atom stereocenters. The predicted molar refractivity (Wildman–Crippen MR) is 114 cm³/mol. The number of anilines is 1. The molecule has 4 atom stereocenters. The first-order valence-corrected chi connectivity index (χ1v) is 12.2. The van der Waals surface area contributed by atoms with Gasteiger partial charge in [0.2, 0.25) is 0 Å². The van der Waals surface area contributed by atoms with Gasteiger partial charge in [-0.05, 0) is 55.7 Å². The highest BCUT2D eigenvalue weighted by molar-refractivity contribution is 7.92. The van der Waals surface area contributed by atoms with Crippen molar-refractivity contribution in [1.82, 2.24) is 0 Å². The molecule has 3 N–H and O–H groups in total. The number of halogens is 4. The molecule has 0 saturated heterocycles. The van der Waals surface area contributed by atoms with E-state index in [0.717, 1.165) is 6.07 Å². The summed E-state index contributed by atoms with van der Waals surface area (Å²) in [6.45, 7) is -0.451. The summed E-state index contributed by atoms with van der Waals surface area (Å²) in [5.74, 6) is -6.26. The Morgan fingerprint density at radius 3 is 2.21 bits per heavy atom. The lowest BCUT2D eigenvalue weighted by Gasteiger charge is -2.39. The van der Waals surface area contributed by atoms with Gasteiger partial charge in [0.05, 0.1) is 27.4 Å². The first-order chi connectivity index (χ1) is 15.4. The Morgan fingerprint density at radius 2 is 1.67 bits per heavy atom. The van der Waals surface area contributed by atoms with E-state index in [1.165, 1.54) is 12.1 Å². The summed E-state index contributed by atoms with van der Waals surface area (Å²) in [6.07, 6.45) is 1.44. The van der Waals surface area contributed by atoms with Crippen LogP contribution in [0.25, 0.3) is 0 Å². The SMILES string of the molecule is O=C(Nc1cc(F)c(F)c(F)c1)c1ccc(Cl)c(S(=O)(=O)[C@H]2C3CC[C@H]2C[C@@](O)(CO)C3)c1. The second kappa shape index (κ2) is 8.57. The molecule has 11 heteroatoms. The molecule has 2 aliphatic rings. The summed E-state index contributed by atoms with van der Waals surface area (Å²) in [5.41, 5.74) is -1.79. The van der Waals surface area contributed by atoms with Gasteiger partial charge in [0, 0.05) is 23.4 Å². The summed E-state index contributed by atoms with van der Waals surface area (Å²) in [6, 6.07) is 4.80. The van der Waals surface area contributed by atoms with Crippen LogP contribution in [0.1, 0.15) is 36.0 Å². The normalized spacial score (nSPS) is 26.9. The Balaban J connectivity index is 1.63. The Hall–Kier alpha value is -2.14. The van der Waals surface area contributed by atoms with Crippen LogP contribution in [0.3, 0.4) is 0 Å². The molecule has 178 valence electrons. The fourth-order valence-corrected chi connectivity index (χ4v) is 7.96. The van der Waals surface area contributed by atoms with Crippen molar-refractivity contribution in [2.75, 3.05) is 11.9 Å². The first-order valence-electron chi connectivity index (χ1n) is 10.3. The van der Waals surface area contributed by atoms with Gasteiger partial charge in [-0.1, -0.05) is 11.6 Å². The molecular formula is C22H21ClF3NO5S. The van der Waals surface area contributed by atoms with Crippen molar-refractivity contribution in [3.05, 3.63) is 58.4 Å². The zero-order chi connectivity index (χ0) is 24.1. The maximum Gasteiger partial charge on any atom is 0.255 e. The van der Waals surface area contributed by atoms with E-state index in [1.807, 2.05) is 0 Å². The minimum absolute atomic E-state index is 0.0900. The minimum Gasteiger partial charge on any atom is -0.393 e. The van der Waals surface area contributed by atoms with Crippen molar-refractivity contribution >= 4 is 33.0 Å². The smallest absolute Gasteiger partial charge is 0.255 e. The summed E-state index contributed by atoms with van der Waals surface area (Å²) >= 11 is 6.18. The van der Waals surface area contributed by atoms with Crippen LogP contribution < -0.4 is 5.32 Å². The van der Waals surface area contributed by atoms with E-state index in [9.17, 15) is 36.6 Å². The molecule has 2 aromatic rings. The highest BCUT2D eigenvalue weighted by Gasteiger charge is 2.54. The third kappa shape index (κ3) is 4.37. The maximum atomic E-state index is 13.5. The number of sulfone groups is 1. The van der Waals surface area contributed by atoms with Crippen LogP contribution in [0.15, 0.2) is 35.2 Å². The van der Waals surface area contributed by atoms with Crippen molar-refractivity contribution < 1.29 is 36.6 Å². The van der Waals surface area contributed by atoms with Gasteiger partial charge in [-0.2, -0.15) is 0 Å². The first kappa shape index (κ1) is 24.0. The van der Waals surface area contributed by atoms with E-state index < -0.39 is 50.7 Å². The Morgan fingerprint density at radius 1 is 1.09 bits per heavy atom. The van der Waals surface area contributed by atoms with Gasteiger partial charge in [0.25, 0.3) is 5.91 Å².